The van der Waals surface area contributed by atoms with Crippen molar-refractivity contribution in [2.45, 2.75) is 33.7 Å². The van der Waals surface area contributed by atoms with E-state index >= 15 is 0 Å². The minimum atomic E-state index is -0.455. The van der Waals surface area contributed by atoms with Gasteiger partial charge in [-0.2, -0.15) is 0 Å². The van der Waals surface area contributed by atoms with Crippen molar-refractivity contribution >= 4 is 17.6 Å². The molecule has 1 heterocycles. The molecule has 6 nitrogen and oxygen atoms in total. The third kappa shape index (κ3) is 4.14. The number of methoxy groups -OCH3 is 1. The summed E-state index contributed by atoms with van der Waals surface area (Å²) in [7, 11) is 1.54. The molecule has 0 unspecified atom stereocenters. The first-order valence-electron chi connectivity index (χ1n) is 8.62. The van der Waals surface area contributed by atoms with Crippen LogP contribution in [0.25, 0.3) is 0 Å². The number of nitrogens with one attached hydrogen (secondary N) is 1. The van der Waals surface area contributed by atoms with E-state index in [4.69, 9.17) is 9.47 Å². The first kappa shape index (κ1) is 19.7. The van der Waals surface area contributed by atoms with Crippen molar-refractivity contribution < 1.29 is 19.1 Å². The van der Waals surface area contributed by atoms with Gasteiger partial charge < -0.3 is 19.4 Å². The third-order valence-corrected chi connectivity index (χ3v) is 4.15. The Hall–Kier alpha value is -2.60. The van der Waals surface area contributed by atoms with Crippen molar-refractivity contribution in [3.63, 3.8) is 0 Å². The molecule has 2 rings (SSSR count). The number of ether oxygens (including phenoxy) is 2. The topological polar surface area (TPSA) is 71.6 Å². The standard InChI is InChI=1S/C20H26N2O4/c1-13(2)22(16-9-7-6-8-10-16)19(23)18-14(3)17(15(4)21-18)20(24)26-12-11-25-5/h6-10,13,21H,11-12H2,1-5H3. The summed E-state index contributed by atoms with van der Waals surface area (Å²) in [6.07, 6.45) is 0. The predicted octanol–water partition coefficient (Wildman–Crippen LogP) is 3.49. The van der Waals surface area contributed by atoms with Crippen molar-refractivity contribution in [3.8, 4) is 0 Å². The number of hydrogen-bond donors (Lipinski definition) is 1. The average molecular weight is 358 g/mol. The van der Waals surface area contributed by atoms with Crippen molar-refractivity contribution in [1.29, 1.82) is 0 Å². The molecule has 6 heteroatoms. The molecule has 0 fully saturated rings. The molecule has 1 aromatic heterocycles. The second kappa shape index (κ2) is 8.67. The zero-order valence-electron chi connectivity index (χ0n) is 16.0. The fraction of sp³-hybridized carbons (Fsp3) is 0.400. The molecule has 140 valence electrons. The smallest absolute Gasteiger partial charge is 0.340 e. The van der Waals surface area contributed by atoms with Crippen molar-refractivity contribution in [1.82, 2.24) is 4.98 Å². The lowest BCUT2D eigenvalue weighted by atomic mass is 10.1. The minimum Gasteiger partial charge on any atom is -0.460 e. The molecule has 26 heavy (non-hydrogen) atoms. The number of hydrogen-bond acceptors (Lipinski definition) is 4. The van der Waals surface area contributed by atoms with Crippen LogP contribution in [0.3, 0.4) is 0 Å². The van der Waals surface area contributed by atoms with Crippen molar-refractivity contribution in [2.24, 2.45) is 0 Å². The molecule has 0 aliphatic rings. The van der Waals surface area contributed by atoms with E-state index in [9.17, 15) is 9.59 Å². The molecular formula is C20H26N2O4. The first-order chi connectivity index (χ1) is 12.4. The van der Waals surface area contributed by atoms with Gasteiger partial charge in [0.25, 0.3) is 5.91 Å². The zero-order chi connectivity index (χ0) is 19.3. The highest BCUT2D eigenvalue weighted by atomic mass is 16.6. The van der Waals surface area contributed by atoms with Crippen LogP contribution < -0.4 is 4.90 Å². The van der Waals surface area contributed by atoms with Crippen LogP contribution in [0.5, 0.6) is 0 Å². The van der Waals surface area contributed by atoms with Gasteiger partial charge in [0.15, 0.2) is 0 Å². The summed E-state index contributed by atoms with van der Waals surface area (Å²) in [4.78, 5) is 30.3. The van der Waals surface area contributed by atoms with Gasteiger partial charge in [0, 0.05) is 24.5 Å². The van der Waals surface area contributed by atoms with Crippen LogP contribution in [-0.4, -0.2) is 43.2 Å². The predicted molar refractivity (Wildman–Crippen MR) is 101 cm³/mol. The molecular weight excluding hydrogens is 332 g/mol. The molecule has 1 N–H and O–H groups in total. The summed E-state index contributed by atoms with van der Waals surface area (Å²) in [5, 5.41) is 0. The number of esters is 1. The number of benzene rings is 1. The van der Waals surface area contributed by atoms with Crippen LogP contribution in [0.15, 0.2) is 30.3 Å². The maximum atomic E-state index is 13.2. The molecule has 0 bridgehead atoms. The van der Waals surface area contributed by atoms with Gasteiger partial charge in [0.2, 0.25) is 0 Å². The number of carbonyl (C=O) groups is 2. The van der Waals surface area contributed by atoms with Gasteiger partial charge in [0.1, 0.15) is 12.3 Å². The molecule has 0 saturated carbocycles. The molecule has 0 aliphatic heterocycles. The number of para-hydroxylation sites is 1. The Balaban J connectivity index is 2.34. The van der Waals surface area contributed by atoms with E-state index < -0.39 is 5.97 Å². The third-order valence-electron chi connectivity index (χ3n) is 4.15. The van der Waals surface area contributed by atoms with Crippen LogP contribution in [0.1, 0.15) is 46.0 Å². The number of aryl methyl sites for hydroxylation is 1. The summed E-state index contributed by atoms with van der Waals surface area (Å²) in [5.74, 6) is -0.633. The van der Waals surface area contributed by atoms with Crippen molar-refractivity contribution in [3.05, 3.63) is 52.8 Å². The number of carbonyl (C=O) groups excluding carboxylic acids is 2. The maximum absolute atomic E-state index is 13.2. The van der Waals surface area contributed by atoms with Crippen LogP contribution in [0, 0.1) is 13.8 Å². The van der Waals surface area contributed by atoms with Gasteiger partial charge in [-0.3, -0.25) is 4.79 Å². The Morgan fingerprint density at radius 2 is 1.77 bits per heavy atom. The Morgan fingerprint density at radius 1 is 1.12 bits per heavy atom. The molecule has 1 aromatic carbocycles. The number of aromatic nitrogens is 1. The maximum Gasteiger partial charge on any atom is 0.340 e. The number of aromatic amines is 1. The lowest BCUT2D eigenvalue weighted by Crippen LogP contribution is -2.37. The van der Waals surface area contributed by atoms with E-state index in [-0.39, 0.29) is 18.6 Å². The lowest BCUT2D eigenvalue weighted by molar-refractivity contribution is 0.0387. The van der Waals surface area contributed by atoms with E-state index in [0.29, 0.717) is 29.1 Å². The lowest BCUT2D eigenvalue weighted by Gasteiger charge is -2.26. The summed E-state index contributed by atoms with van der Waals surface area (Å²) in [6, 6.07) is 9.44. The quantitative estimate of drug-likeness (QED) is 0.607. The normalized spacial score (nSPS) is 10.8. The molecule has 0 spiro atoms. The Morgan fingerprint density at radius 3 is 2.35 bits per heavy atom. The van der Waals surface area contributed by atoms with Crippen LogP contribution in [0.4, 0.5) is 5.69 Å². The van der Waals surface area contributed by atoms with Crippen LogP contribution >= 0.6 is 0 Å². The number of rotatable bonds is 7. The number of H-pyrrole nitrogens is 1. The second-order valence-corrected chi connectivity index (χ2v) is 6.36. The van der Waals surface area contributed by atoms with Gasteiger partial charge in [-0.25, -0.2) is 4.79 Å². The largest absolute Gasteiger partial charge is 0.460 e. The van der Waals surface area contributed by atoms with Gasteiger partial charge in [-0.15, -0.1) is 0 Å². The number of amides is 1. The SMILES string of the molecule is COCCOC(=O)c1c(C)[nH]c(C(=O)N(c2ccccc2)C(C)C)c1C. The summed E-state index contributed by atoms with van der Waals surface area (Å²) >= 11 is 0. The Kier molecular flexibility index (Phi) is 6.58. The van der Waals surface area contributed by atoms with Gasteiger partial charge in [-0.05, 0) is 45.4 Å². The monoisotopic (exact) mass is 358 g/mol. The zero-order valence-corrected chi connectivity index (χ0v) is 16.0. The van der Waals surface area contributed by atoms with E-state index in [0.717, 1.165) is 5.69 Å². The summed E-state index contributed by atoms with van der Waals surface area (Å²) in [6.45, 7) is 7.93. The number of anilines is 1. The van der Waals surface area contributed by atoms with Gasteiger partial charge in [-0.1, -0.05) is 18.2 Å². The molecule has 0 saturated heterocycles. The second-order valence-electron chi connectivity index (χ2n) is 6.36. The Labute approximate surface area is 154 Å². The number of nitrogens with zero attached hydrogens (tertiary/aromatic N) is 1. The summed E-state index contributed by atoms with van der Waals surface area (Å²) < 4.78 is 10.1. The van der Waals surface area contributed by atoms with Crippen molar-refractivity contribution in [2.75, 3.05) is 25.2 Å². The van der Waals surface area contributed by atoms with Gasteiger partial charge >= 0.3 is 5.97 Å². The summed E-state index contributed by atoms with van der Waals surface area (Å²) in [5.41, 5.74) is 2.82. The first-order valence-corrected chi connectivity index (χ1v) is 8.62. The highest BCUT2D eigenvalue weighted by Crippen LogP contribution is 2.24. The average Bonchev–Trinajstić information content (AvgIpc) is 2.90. The fourth-order valence-corrected chi connectivity index (χ4v) is 2.92. The molecule has 0 radical (unpaired) electrons. The Bertz CT molecular complexity index is 766. The van der Waals surface area contributed by atoms with E-state index in [1.165, 1.54) is 0 Å². The van der Waals surface area contributed by atoms with E-state index in [1.54, 1.807) is 25.9 Å². The highest BCUT2D eigenvalue weighted by Gasteiger charge is 2.28. The van der Waals surface area contributed by atoms with Crippen LogP contribution in [0.2, 0.25) is 0 Å². The fourth-order valence-electron chi connectivity index (χ4n) is 2.92. The molecule has 0 aliphatic carbocycles. The highest BCUT2D eigenvalue weighted by molar-refractivity contribution is 6.08. The molecule has 2 aromatic rings. The van der Waals surface area contributed by atoms with E-state index in [1.807, 2.05) is 44.2 Å². The van der Waals surface area contributed by atoms with Gasteiger partial charge in [0.05, 0.1) is 12.2 Å². The molecule has 1 amide bonds. The molecule has 0 atom stereocenters. The van der Waals surface area contributed by atoms with Crippen LogP contribution in [-0.2, 0) is 9.47 Å². The minimum absolute atomic E-state index is 0.0370. The van der Waals surface area contributed by atoms with E-state index in [2.05, 4.69) is 4.98 Å².